The SMILES string of the molecule is CCOc1ccc(S(=O)(=O)N2CC(Oc3cccnc3)C2)cc1C. The highest BCUT2D eigenvalue weighted by Crippen LogP contribution is 2.27. The van der Waals surface area contributed by atoms with Gasteiger partial charge in [-0.05, 0) is 49.7 Å². The van der Waals surface area contributed by atoms with Gasteiger partial charge >= 0.3 is 0 Å². The fourth-order valence-electron chi connectivity index (χ4n) is 2.53. The quantitative estimate of drug-likeness (QED) is 0.801. The first-order chi connectivity index (χ1) is 11.5. The fourth-order valence-corrected chi connectivity index (χ4v) is 4.12. The average molecular weight is 348 g/mol. The van der Waals surface area contributed by atoms with Gasteiger partial charge in [-0.2, -0.15) is 4.31 Å². The van der Waals surface area contributed by atoms with Gasteiger partial charge < -0.3 is 9.47 Å². The number of sulfonamides is 1. The second kappa shape index (κ2) is 6.78. The van der Waals surface area contributed by atoms with Crippen molar-refractivity contribution in [2.24, 2.45) is 0 Å². The molecular formula is C17H20N2O4S. The van der Waals surface area contributed by atoms with Crippen LogP contribution in [0.25, 0.3) is 0 Å². The van der Waals surface area contributed by atoms with Crippen LogP contribution in [0.15, 0.2) is 47.6 Å². The lowest BCUT2D eigenvalue weighted by molar-refractivity contribution is 0.0759. The number of aryl methyl sites for hydroxylation is 1. The van der Waals surface area contributed by atoms with Gasteiger partial charge in [-0.1, -0.05) is 0 Å². The minimum atomic E-state index is -3.50. The summed E-state index contributed by atoms with van der Waals surface area (Å²) in [6, 6.07) is 8.53. The highest BCUT2D eigenvalue weighted by atomic mass is 32.2. The topological polar surface area (TPSA) is 68.7 Å². The van der Waals surface area contributed by atoms with Crippen molar-refractivity contribution in [3.8, 4) is 11.5 Å². The maximum absolute atomic E-state index is 12.7. The first-order valence-corrected chi connectivity index (χ1v) is 9.25. The van der Waals surface area contributed by atoms with Gasteiger partial charge in [0.1, 0.15) is 17.6 Å². The highest BCUT2D eigenvalue weighted by molar-refractivity contribution is 7.89. The van der Waals surface area contributed by atoms with Crippen molar-refractivity contribution in [3.05, 3.63) is 48.3 Å². The Hall–Kier alpha value is -2.12. The zero-order valence-electron chi connectivity index (χ0n) is 13.7. The zero-order chi connectivity index (χ0) is 17.2. The third-order valence-electron chi connectivity index (χ3n) is 3.84. The van der Waals surface area contributed by atoms with E-state index < -0.39 is 10.0 Å². The van der Waals surface area contributed by atoms with Crippen LogP contribution in [0, 0.1) is 6.92 Å². The predicted molar refractivity (Wildman–Crippen MR) is 89.8 cm³/mol. The summed E-state index contributed by atoms with van der Waals surface area (Å²) in [6.45, 7) is 4.96. The summed E-state index contributed by atoms with van der Waals surface area (Å²) in [6.07, 6.45) is 3.14. The summed E-state index contributed by atoms with van der Waals surface area (Å²) in [7, 11) is -3.50. The molecule has 0 bridgehead atoms. The van der Waals surface area contributed by atoms with E-state index >= 15 is 0 Å². The van der Waals surface area contributed by atoms with Gasteiger partial charge in [0.2, 0.25) is 10.0 Å². The molecule has 0 saturated carbocycles. The molecule has 6 nitrogen and oxygen atoms in total. The Kier molecular flexibility index (Phi) is 4.73. The Balaban J connectivity index is 1.66. The van der Waals surface area contributed by atoms with Crippen LogP contribution in [0.3, 0.4) is 0 Å². The van der Waals surface area contributed by atoms with Crippen molar-refractivity contribution in [3.63, 3.8) is 0 Å². The van der Waals surface area contributed by atoms with Crippen LogP contribution in [0.1, 0.15) is 12.5 Å². The lowest BCUT2D eigenvalue weighted by atomic mass is 10.2. The largest absolute Gasteiger partial charge is 0.494 e. The maximum Gasteiger partial charge on any atom is 0.243 e. The van der Waals surface area contributed by atoms with Crippen LogP contribution in [-0.4, -0.2) is 43.5 Å². The molecule has 0 spiro atoms. The van der Waals surface area contributed by atoms with E-state index in [-0.39, 0.29) is 11.0 Å². The summed E-state index contributed by atoms with van der Waals surface area (Å²) in [5, 5.41) is 0. The van der Waals surface area contributed by atoms with E-state index in [4.69, 9.17) is 9.47 Å². The molecule has 7 heteroatoms. The van der Waals surface area contributed by atoms with Crippen molar-refractivity contribution in [1.82, 2.24) is 9.29 Å². The first-order valence-electron chi connectivity index (χ1n) is 7.81. The monoisotopic (exact) mass is 348 g/mol. The van der Waals surface area contributed by atoms with E-state index in [1.807, 2.05) is 13.8 Å². The molecule has 2 heterocycles. The lowest BCUT2D eigenvalue weighted by Gasteiger charge is -2.37. The Labute approximate surface area is 142 Å². The Morgan fingerprint density at radius 3 is 2.71 bits per heavy atom. The van der Waals surface area contributed by atoms with Gasteiger partial charge in [-0.15, -0.1) is 0 Å². The van der Waals surface area contributed by atoms with Crippen LogP contribution < -0.4 is 9.47 Å². The maximum atomic E-state index is 12.7. The van der Waals surface area contributed by atoms with Crippen LogP contribution in [0.5, 0.6) is 11.5 Å². The molecule has 3 rings (SSSR count). The Morgan fingerprint density at radius 2 is 2.08 bits per heavy atom. The summed E-state index contributed by atoms with van der Waals surface area (Å²) in [5.74, 6) is 1.36. The van der Waals surface area contributed by atoms with Crippen LogP contribution in [-0.2, 0) is 10.0 Å². The van der Waals surface area contributed by atoms with Crippen molar-refractivity contribution in [1.29, 1.82) is 0 Å². The molecule has 0 atom stereocenters. The highest BCUT2D eigenvalue weighted by Gasteiger charge is 2.38. The molecule has 1 saturated heterocycles. The Morgan fingerprint density at radius 1 is 1.29 bits per heavy atom. The van der Waals surface area contributed by atoms with Crippen molar-refractivity contribution in [2.45, 2.75) is 24.8 Å². The van der Waals surface area contributed by atoms with Crippen LogP contribution >= 0.6 is 0 Å². The summed E-state index contributed by atoms with van der Waals surface area (Å²) >= 11 is 0. The summed E-state index contributed by atoms with van der Waals surface area (Å²) < 4.78 is 37.9. The second-order valence-electron chi connectivity index (χ2n) is 5.61. The molecule has 1 aromatic heterocycles. The Bertz CT molecular complexity index is 803. The molecule has 0 aliphatic carbocycles. The van der Waals surface area contributed by atoms with Crippen molar-refractivity contribution >= 4 is 10.0 Å². The van der Waals surface area contributed by atoms with E-state index in [0.29, 0.717) is 31.2 Å². The summed E-state index contributed by atoms with van der Waals surface area (Å²) in [5.41, 5.74) is 0.807. The molecule has 1 aromatic carbocycles. The number of nitrogens with zero attached hydrogens (tertiary/aromatic N) is 2. The molecule has 0 amide bonds. The standard InChI is InChI=1S/C17H20N2O4S/c1-3-22-17-7-6-16(9-13(17)2)24(20,21)19-11-15(12-19)23-14-5-4-8-18-10-14/h4-10,15H,3,11-12H2,1-2H3. The molecule has 1 fully saturated rings. The smallest absolute Gasteiger partial charge is 0.243 e. The van der Waals surface area contributed by atoms with E-state index in [0.717, 1.165) is 5.56 Å². The van der Waals surface area contributed by atoms with E-state index in [2.05, 4.69) is 4.98 Å². The molecule has 128 valence electrons. The molecule has 0 radical (unpaired) electrons. The predicted octanol–water partition coefficient (Wildman–Crippen LogP) is 2.24. The van der Waals surface area contributed by atoms with Crippen molar-refractivity contribution < 1.29 is 17.9 Å². The molecule has 0 unspecified atom stereocenters. The third-order valence-corrected chi connectivity index (χ3v) is 5.66. The lowest BCUT2D eigenvalue weighted by Crippen LogP contribution is -2.55. The van der Waals surface area contributed by atoms with Gasteiger partial charge in [0.15, 0.2) is 0 Å². The third kappa shape index (κ3) is 3.37. The number of ether oxygens (including phenoxy) is 2. The number of benzene rings is 1. The normalized spacial score (nSPS) is 15.8. The van der Waals surface area contributed by atoms with Gasteiger partial charge in [-0.25, -0.2) is 8.42 Å². The number of aromatic nitrogens is 1. The van der Waals surface area contributed by atoms with E-state index in [1.54, 1.807) is 42.7 Å². The van der Waals surface area contributed by atoms with Gasteiger partial charge in [0.05, 0.1) is 30.8 Å². The van der Waals surface area contributed by atoms with Gasteiger partial charge in [0, 0.05) is 6.20 Å². The molecule has 2 aromatic rings. The first kappa shape index (κ1) is 16.7. The average Bonchev–Trinajstić information content (AvgIpc) is 2.53. The number of hydrogen-bond donors (Lipinski definition) is 0. The minimum Gasteiger partial charge on any atom is -0.494 e. The molecule has 0 N–H and O–H groups in total. The molecule has 1 aliphatic rings. The number of pyridine rings is 1. The molecule has 24 heavy (non-hydrogen) atoms. The summed E-state index contributed by atoms with van der Waals surface area (Å²) in [4.78, 5) is 4.26. The van der Waals surface area contributed by atoms with Gasteiger partial charge in [0.25, 0.3) is 0 Å². The number of hydrogen-bond acceptors (Lipinski definition) is 5. The molecule has 1 aliphatic heterocycles. The number of rotatable bonds is 6. The second-order valence-corrected chi connectivity index (χ2v) is 7.55. The van der Waals surface area contributed by atoms with Crippen LogP contribution in [0.4, 0.5) is 0 Å². The minimum absolute atomic E-state index is 0.146. The zero-order valence-corrected chi connectivity index (χ0v) is 14.5. The van der Waals surface area contributed by atoms with E-state index in [1.165, 1.54) is 4.31 Å². The fraction of sp³-hybridized carbons (Fsp3) is 0.353. The van der Waals surface area contributed by atoms with Crippen LogP contribution in [0.2, 0.25) is 0 Å². The van der Waals surface area contributed by atoms with E-state index in [9.17, 15) is 8.42 Å². The van der Waals surface area contributed by atoms with Gasteiger partial charge in [-0.3, -0.25) is 4.98 Å². The molecular weight excluding hydrogens is 328 g/mol. The van der Waals surface area contributed by atoms with Crippen molar-refractivity contribution in [2.75, 3.05) is 19.7 Å².